The number of quaternary nitrogens is 1. The zero-order valence-corrected chi connectivity index (χ0v) is 16.7. The van der Waals surface area contributed by atoms with Gasteiger partial charge in [0.1, 0.15) is 18.9 Å². The molecule has 1 aromatic heterocycles. The van der Waals surface area contributed by atoms with Crippen LogP contribution in [-0.4, -0.2) is 51.2 Å². The van der Waals surface area contributed by atoms with Crippen LogP contribution in [0.3, 0.4) is 0 Å². The molecule has 0 bridgehead atoms. The SMILES string of the molecule is Cc1nn(-c2ccccc2[NH+]([O-])O)c(C)c1[C@@H]1C=C[C@@H](NC(=O)COCC(=O)O)C1. The molecule has 0 radical (unpaired) electrons. The molecule has 1 aliphatic rings. The molecule has 1 aromatic carbocycles. The second-order valence-corrected chi connectivity index (χ2v) is 7.11. The summed E-state index contributed by atoms with van der Waals surface area (Å²) in [5, 5.41) is 36.0. The van der Waals surface area contributed by atoms with Crippen molar-refractivity contribution in [3.05, 3.63) is 58.6 Å². The topological polar surface area (TPSA) is 141 Å². The Morgan fingerprint density at radius 1 is 1.30 bits per heavy atom. The minimum absolute atomic E-state index is 0.0148. The summed E-state index contributed by atoms with van der Waals surface area (Å²) in [5.74, 6) is -1.50. The quantitative estimate of drug-likeness (QED) is 0.363. The highest BCUT2D eigenvalue weighted by Crippen LogP contribution is 2.34. The second kappa shape index (κ2) is 9.18. The van der Waals surface area contributed by atoms with Crippen LogP contribution in [0.2, 0.25) is 0 Å². The highest BCUT2D eigenvalue weighted by molar-refractivity contribution is 5.78. The number of ether oxygens (including phenoxy) is 1. The number of carboxylic acids is 1. The maximum Gasteiger partial charge on any atom is 0.329 e. The van der Waals surface area contributed by atoms with E-state index in [9.17, 15) is 20.0 Å². The number of hydrogen-bond acceptors (Lipinski definition) is 6. The predicted octanol–water partition coefficient (Wildman–Crippen LogP) is 0.522. The van der Waals surface area contributed by atoms with E-state index >= 15 is 0 Å². The molecule has 30 heavy (non-hydrogen) atoms. The summed E-state index contributed by atoms with van der Waals surface area (Å²) in [6.07, 6.45) is 4.51. The number of hydrogen-bond donors (Lipinski definition) is 4. The van der Waals surface area contributed by atoms with Crippen molar-refractivity contribution in [3.63, 3.8) is 0 Å². The molecule has 3 rings (SSSR count). The molecule has 0 aliphatic heterocycles. The molecule has 1 unspecified atom stereocenters. The van der Waals surface area contributed by atoms with E-state index in [1.807, 2.05) is 26.0 Å². The number of benzene rings is 1. The molecule has 0 fully saturated rings. The van der Waals surface area contributed by atoms with Crippen LogP contribution in [0.5, 0.6) is 0 Å². The molecule has 0 spiro atoms. The number of rotatable bonds is 8. The van der Waals surface area contributed by atoms with Crippen molar-refractivity contribution < 1.29 is 29.9 Å². The third kappa shape index (κ3) is 4.74. The lowest BCUT2D eigenvalue weighted by molar-refractivity contribution is -0.991. The number of para-hydroxylation sites is 2. The molecule has 1 aliphatic carbocycles. The highest BCUT2D eigenvalue weighted by Gasteiger charge is 2.27. The largest absolute Gasteiger partial charge is 0.595 e. The summed E-state index contributed by atoms with van der Waals surface area (Å²) >= 11 is 0. The fourth-order valence-corrected chi connectivity index (χ4v) is 3.76. The number of aliphatic carboxylic acids is 1. The van der Waals surface area contributed by atoms with Gasteiger partial charge >= 0.3 is 5.97 Å². The maximum absolute atomic E-state index is 11.9. The maximum atomic E-state index is 11.9. The monoisotopic (exact) mass is 416 g/mol. The molecule has 1 amide bonds. The van der Waals surface area contributed by atoms with Gasteiger partial charge in [-0.1, -0.05) is 24.3 Å². The molecule has 0 saturated carbocycles. The number of aromatic nitrogens is 2. The van der Waals surface area contributed by atoms with Gasteiger partial charge in [-0.2, -0.15) is 10.3 Å². The number of nitrogens with one attached hydrogen (secondary N) is 2. The Balaban J connectivity index is 1.72. The lowest BCUT2D eigenvalue weighted by Gasteiger charge is -2.17. The van der Waals surface area contributed by atoms with Crippen molar-refractivity contribution in [1.29, 1.82) is 0 Å². The molecule has 0 saturated heterocycles. The highest BCUT2D eigenvalue weighted by atomic mass is 16.8. The molecule has 3 atom stereocenters. The smallest absolute Gasteiger partial charge is 0.329 e. The van der Waals surface area contributed by atoms with E-state index in [4.69, 9.17) is 9.84 Å². The first-order chi connectivity index (χ1) is 14.3. The predicted molar refractivity (Wildman–Crippen MR) is 106 cm³/mol. The summed E-state index contributed by atoms with van der Waals surface area (Å²) in [7, 11) is 0. The van der Waals surface area contributed by atoms with Gasteiger partial charge in [0.05, 0.1) is 5.69 Å². The van der Waals surface area contributed by atoms with Crippen LogP contribution >= 0.6 is 0 Å². The summed E-state index contributed by atoms with van der Waals surface area (Å²) < 4.78 is 6.45. The van der Waals surface area contributed by atoms with Crippen molar-refractivity contribution in [1.82, 2.24) is 15.1 Å². The van der Waals surface area contributed by atoms with E-state index in [1.165, 1.54) is 0 Å². The van der Waals surface area contributed by atoms with Crippen LogP contribution in [0.1, 0.15) is 29.3 Å². The Kier molecular flexibility index (Phi) is 6.63. The molecule has 10 nitrogen and oxygen atoms in total. The molecule has 2 aromatic rings. The molecular formula is C20H24N4O6. The van der Waals surface area contributed by atoms with E-state index in [0.717, 1.165) is 17.0 Å². The first kappa shape index (κ1) is 21.7. The van der Waals surface area contributed by atoms with Crippen LogP contribution in [0.4, 0.5) is 5.69 Å². The van der Waals surface area contributed by atoms with Crippen molar-refractivity contribution in [2.45, 2.75) is 32.2 Å². The van der Waals surface area contributed by atoms with Gasteiger partial charge in [-0.3, -0.25) is 4.79 Å². The van der Waals surface area contributed by atoms with Gasteiger partial charge in [-0.15, -0.1) is 0 Å². The number of amides is 1. The van der Waals surface area contributed by atoms with E-state index in [0.29, 0.717) is 12.1 Å². The molecular weight excluding hydrogens is 392 g/mol. The van der Waals surface area contributed by atoms with E-state index in [2.05, 4.69) is 10.4 Å². The summed E-state index contributed by atoms with van der Waals surface area (Å²) in [5.41, 5.74) is 3.29. The number of allylic oxidation sites excluding steroid dienone is 1. The van der Waals surface area contributed by atoms with Crippen molar-refractivity contribution in [3.8, 4) is 5.69 Å². The van der Waals surface area contributed by atoms with E-state index < -0.39 is 17.8 Å². The average molecular weight is 416 g/mol. The van der Waals surface area contributed by atoms with Crippen molar-refractivity contribution >= 4 is 17.6 Å². The fraction of sp³-hybridized carbons (Fsp3) is 0.350. The molecule has 4 N–H and O–H groups in total. The normalized spacial score (nSPS) is 19.1. The summed E-state index contributed by atoms with van der Waals surface area (Å²) in [6.45, 7) is 2.93. The van der Waals surface area contributed by atoms with Gasteiger partial charge in [0.2, 0.25) is 5.91 Å². The first-order valence-corrected chi connectivity index (χ1v) is 9.44. The first-order valence-electron chi connectivity index (χ1n) is 9.44. The fourth-order valence-electron chi connectivity index (χ4n) is 3.76. The van der Waals surface area contributed by atoms with Crippen LogP contribution in [0.25, 0.3) is 5.69 Å². The van der Waals surface area contributed by atoms with Crippen molar-refractivity contribution in [2.75, 3.05) is 13.2 Å². The van der Waals surface area contributed by atoms with E-state index in [-0.39, 0.29) is 30.2 Å². The van der Waals surface area contributed by atoms with Crippen molar-refractivity contribution in [2.24, 2.45) is 0 Å². The van der Waals surface area contributed by atoms with Crippen LogP contribution in [0.15, 0.2) is 36.4 Å². The van der Waals surface area contributed by atoms with E-state index in [1.54, 1.807) is 28.9 Å². The minimum atomic E-state index is -1.13. The standard InChI is InChI=1S/C20H24N4O6/c1-12-20(13(2)23(22-12)16-5-3-4-6-17(16)24(28)29)14-7-8-15(9-14)21-18(25)10-30-11-19(26)27/h3-8,14-15,24,28H,9-11H2,1-2H3,(H,21,25)(H,26,27)/t14-,15-/m1/s1. The van der Waals surface area contributed by atoms with Gasteiger partial charge in [0.25, 0.3) is 0 Å². The van der Waals surface area contributed by atoms with Crippen LogP contribution < -0.4 is 10.5 Å². The van der Waals surface area contributed by atoms with Gasteiger partial charge < -0.3 is 20.4 Å². The second-order valence-electron chi connectivity index (χ2n) is 7.11. The molecule has 1 heterocycles. The Hall–Kier alpha value is -3.05. The Morgan fingerprint density at radius 2 is 2.03 bits per heavy atom. The Labute approximate surface area is 172 Å². The summed E-state index contributed by atoms with van der Waals surface area (Å²) in [6, 6.07) is 6.50. The number of carboxylic acid groups (broad SMARTS) is 1. The molecule has 160 valence electrons. The number of carbonyl (C=O) groups excluding carboxylic acids is 1. The Morgan fingerprint density at radius 3 is 2.73 bits per heavy atom. The average Bonchev–Trinajstić information content (AvgIpc) is 3.24. The number of carbonyl (C=O) groups is 2. The minimum Gasteiger partial charge on any atom is -0.595 e. The van der Waals surface area contributed by atoms with Crippen LogP contribution in [0, 0.1) is 19.1 Å². The zero-order chi connectivity index (χ0) is 21.8. The molecule has 10 heteroatoms. The number of aryl methyl sites for hydroxylation is 1. The number of nitrogens with zero attached hydrogens (tertiary/aromatic N) is 2. The van der Waals surface area contributed by atoms with Crippen LogP contribution in [-0.2, 0) is 14.3 Å². The van der Waals surface area contributed by atoms with Gasteiger partial charge in [-0.25, -0.2) is 14.7 Å². The lowest BCUT2D eigenvalue weighted by atomic mass is 9.96. The Bertz CT molecular complexity index is 968. The van der Waals surface area contributed by atoms with Gasteiger partial charge in [-0.05, 0) is 26.3 Å². The summed E-state index contributed by atoms with van der Waals surface area (Å²) in [4.78, 5) is 22.4. The lowest BCUT2D eigenvalue weighted by Crippen LogP contribution is -2.99. The third-order valence-electron chi connectivity index (χ3n) is 4.97. The van der Waals surface area contributed by atoms with Gasteiger partial charge in [0.15, 0.2) is 5.69 Å². The zero-order valence-electron chi connectivity index (χ0n) is 16.7. The third-order valence-corrected chi connectivity index (χ3v) is 4.97. The van der Waals surface area contributed by atoms with Gasteiger partial charge in [0, 0.05) is 29.3 Å².